The average Bonchev–Trinajstić information content (AvgIpc) is 3.71. The SMILES string of the molecule is Cc1cc(C)c(B2c3ccccc3-c3ccccc3-c3cc(-c4ccc(N(c5ccc(-c6ccccc6)cc5)c5ccc(-c6ccc7c(c6)c6ccccc6n7-c6ccccc6)cc5)cc4)ccc32)c(C)c1. The molecule has 0 atom stereocenters. The fourth-order valence-electron chi connectivity index (χ4n) is 11.8. The van der Waals surface area contributed by atoms with Gasteiger partial charge in [-0.1, -0.05) is 215 Å². The lowest BCUT2D eigenvalue weighted by molar-refractivity contribution is 1.18. The Labute approximate surface area is 422 Å². The molecule has 3 heteroatoms. The molecule has 13 rings (SSSR count). The van der Waals surface area contributed by atoms with E-state index in [1.165, 1.54) is 111 Å². The summed E-state index contributed by atoms with van der Waals surface area (Å²) in [4.78, 5) is 2.38. The van der Waals surface area contributed by atoms with E-state index in [0.717, 1.165) is 22.7 Å². The number of aryl methyl sites for hydroxylation is 3. The van der Waals surface area contributed by atoms with E-state index >= 15 is 0 Å². The average molecular weight is 919 g/mol. The summed E-state index contributed by atoms with van der Waals surface area (Å²) in [6.07, 6.45) is 0. The predicted molar refractivity (Wildman–Crippen MR) is 308 cm³/mol. The van der Waals surface area contributed by atoms with Crippen molar-refractivity contribution in [2.75, 3.05) is 4.90 Å². The van der Waals surface area contributed by atoms with E-state index in [0.29, 0.717) is 0 Å². The second-order valence-corrected chi connectivity index (χ2v) is 19.4. The maximum atomic E-state index is 2.44. The number of rotatable bonds is 8. The summed E-state index contributed by atoms with van der Waals surface area (Å²) in [6.45, 7) is 6.87. The van der Waals surface area contributed by atoms with Gasteiger partial charge in [0.15, 0.2) is 0 Å². The molecule has 0 saturated heterocycles. The van der Waals surface area contributed by atoms with E-state index in [4.69, 9.17) is 0 Å². The topological polar surface area (TPSA) is 8.17 Å². The zero-order valence-electron chi connectivity index (χ0n) is 40.7. The van der Waals surface area contributed by atoms with Crippen molar-refractivity contribution in [3.63, 3.8) is 0 Å². The van der Waals surface area contributed by atoms with Crippen molar-refractivity contribution >= 4 is 62.0 Å². The molecule has 0 N–H and O–H groups in total. The minimum atomic E-state index is 0.0956. The van der Waals surface area contributed by atoms with Crippen LogP contribution in [-0.4, -0.2) is 11.3 Å². The molecule has 1 aliphatic rings. The Hall–Kier alpha value is -8.92. The van der Waals surface area contributed by atoms with Crippen LogP contribution in [0.15, 0.2) is 255 Å². The van der Waals surface area contributed by atoms with E-state index in [-0.39, 0.29) is 6.71 Å². The van der Waals surface area contributed by atoms with Gasteiger partial charge in [-0.15, -0.1) is 0 Å². The lowest BCUT2D eigenvalue weighted by Crippen LogP contribution is -2.54. The van der Waals surface area contributed by atoms with E-state index < -0.39 is 0 Å². The monoisotopic (exact) mass is 918 g/mol. The van der Waals surface area contributed by atoms with Gasteiger partial charge in [-0.2, -0.15) is 0 Å². The molecule has 0 radical (unpaired) electrons. The third-order valence-corrected chi connectivity index (χ3v) is 15.0. The number of aromatic nitrogens is 1. The van der Waals surface area contributed by atoms with Crippen LogP contribution in [0.4, 0.5) is 17.1 Å². The smallest absolute Gasteiger partial charge is 0.243 e. The Morgan fingerprint density at radius 1 is 0.319 bits per heavy atom. The summed E-state index contributed by atoms with van der Waals surface area (Å²) in [7, 11) is 0. The van der Waals surface area contributed by atoms with Crippen LogP contribution in [0.1, 0.15) is 16.7 Å². The van der Waals surface area contributed by atoms with Crippen molar-refractivity contribution in [3.8, 4) is 61.3 Å². The summed E-state index contributed by atoms with van der Waals surface area (Å²) in [6, 6.07) is 94.0. The standard InChI is InChI=1S/C69H51BN2/c1-46-42-47(2)69(48(3)43-46)70-65-24-14-12-22-61(65)59-20-10-11-21-60(59)63-44-53(32-40-66(63)70)51-28-36-57(37-29-51)71(56-34-26-50(27-35-56)49-16-6-4-7-17-49)58-38-30-52(31-39-58)54-33-41-68-64(45-54)62-23-13-15-25-67(62)72(68)55-18-8-5-9-19-55/h4-45H,1-3H3. The molecule has 0 bridgehead atoms. The van der Waals surface area contributed by atoms with Crippen molar-refractivity contribution in [1.82, 2.24) is 4.57 Å². The zero-order valence-corrected chi connectivity index (χ0v) is 40.7. The van der Waals surface area contributed by atoms with Crippen LogP contribution >= 0.6 is 0 Å². The first-order valence-electron chi connectivity index (χ1n) is 25.1. The first kappa shape index (κ1) is 43.1. The lowest BCUT2D eigenvalue weighted by Gasteiger charge is -2.26. The Balaban J connectivity index is 0.890. The molecule has 72 heavy (non-hydrogen) atoms. The molecule has 1 aromatic heterocycles. The fourth-order valence-corrected chi connectivity index (χ4v) is 11.8. The van der Waals surface area contributed by atoms with Crippen LogP contribution in [0.25, 0.3) is 83.1 Å². The maximum absolute atomic E-state index is 2.44. The van der Waals surface area contributed by atoms with Crippen LogP contribution in [-0.2, 0) is 0 Å². The summed E-state index contributed by atoms with van der Waals surface area (Å²) in [5.74, 6) is 0. The van der Waals surface area contributed by atoms with Gasteiger partial charge in [-0.3, -0.25) is 0 Å². The van der Waals surface area contributed by atoms with Crippen LogP contribution in [0.3, 0.4) is 0 Å². The highest BCUT2D eigenvalue weighted by Gasteiger charge is 2.33. The van der Waals surface area contributed by atoms with Crippen LogP contribution in [0.5, 0.6) is 0 Å². The molecule has 0 fully saturated rings. The molecule has 0 aliphatic carbocycles. The van der Waals surface area contributed by atoms with Gasteiger partial charge >= 0.3 is 0 Å². The van der Waals surface area contributed by atoms with Crippen molar-refractivity contribution in [2.24, 2.45) is 0 Å². The van der Waals surface area contributed by atoms with E-state index in [9.17, 15) is 0 Å². The molecular weight excluding hydrogens is 868 g/mol. The highest BCUT2D eigenvalue weighted by molar-refractivity contribution is 6.98. The molecule has 12 aromatic rings. The maximum Gasteiger partial charge on any atom is 0.243 e. The second kappa shape index (κ2) is 17.8. The third kappa shape index (κ3) is 7.45. The minimum Gasteiger partial charge on any atom is -0.311 e. The van der Waals surface area contributed by atoms with E-state index in [2.05, 4.69) is 285 Å². The highest BCUT2D eigenvalue weighted by atomic mass is 15.1. The highest BCUT2D eigenvalue weighted by Crippen LogP contribution is 2.41. The van der Waals surface area contributed by atoms with Crippen molar-refractivity contribution in [1.29, 1.82) is 0 Å². The normalized spacial score (nSPS) is 11.8. The number of fused-ring (bicyclic) bond motifs is 8. The summed E-state index contributed by atoms with van der Waals surface area (Å²) in [5, 5.41) is 2.50. The van der Waals surface area contributed by atoms with Gasteiger partial charge in [0.1, 0.15) is 0 Å². The van der Waals surface area contributed by atoms with Crippen LogP contribution in [0, 0.1) is 20.8 Å². The molecule has 2 nitrogen and oxygen atoms in total. The molecule has 2 heterocycles. The predicted octanol–water partition coefficient (Wildman–Crippen LogP) is 16.3. The van der Waals surface area contributed by atoms with Gasteiger partial charge in [-0.05, 0) is 149 Å². The van der Waals surface area contributed by atoms with Crippen LogP contribution < -0.4 is 21.3 Å². The molecule has 0 unspecified atom stereocenters. The van der Waals surface area contributed by atoms with E-state index in [1.54, 1.807) is 0 Å². The molecule has 0 amide bonds. The quantitative estimate of drug-likeness (QED) is 0.138. The molecule has 340 valence electrons. The Morgan fingerprint density at radius 3 is 1.40 bits per heavy atom. The Morgan fingerprint density at radius 2 is 0.764 bits per heavy atom. The molecule has 11 aromatic carbocycles. The van der Waals surface area contributed by atoms with Gasteiger partial charge in [-0.25, -0.2) is 0 Å². The second-order valence-electron chi connectivity index (χ2n) is 19.4. The van der Waals surface area contributed by atoms with Crippen molar-refractivity contribution in [2.45, 2.75) is 20.8 Å². The number of hydrogen-bond acceptors (Lipinski definition) is 1. The molecule has 0 saturated carbocycles. The number of hydrogen-bond donors (Lipinski definition) is 0. The van der Waals surface area contributed by atoms with Gasteiger partial charge in [0.05, 0.1) is 11.0 Å². The summed E-state index contributed by atoms with van der Waals surface area (Å²) in [5.41, 5.74) is 27.2. The lowest BCUT2D eigenvalue weighted by atomic mass is 9.34. The van der Waals surface area contributed by atoms with Crippen molar-refractivity contribution in [3.05, 3.63) is 271 Å². The van der Waals surface area contributed by atoms with Gasteiger partial charge in [0.25, 0.3) is 0 Å². The third-order valence-electron chi connectivity index (χ3n) is 15.0. The van der Waals surface area contributed by atoms with Gasteiger partial charge in [0.2, 0.25) is 6.71 Å². The Bertz CT molecular complexity index is 3960. The molecule has 1 aliphatic heterocycles. The largest absolute Gasteiger partial charge is 0.311 e. The van der Waals surface area contributed by atoms with Gasteiger partial charge in [0, 0.05) is 33.5 Å². The zero-order chi connectivity index (χ0) is 48.3. The van der Waals surface area contributed by atoms with Crippen LogP contribution in [0.2, 0.25) is 0 Å². The number of anilines is 3. The molecular formula is C69H51BN2. The summed E-state index contributed by atoms with van der Waals surface area (Å²) < 4.78 is 2.37. The first-order valence-corrected chi connectivity index (χ1v) is 25.1. The number of para-hydroxylation sites is 2. The minimum absolute atomic E-state index is 0.0956. The molecule has 0 spiro atoms. The van der Waals surface area contributed by atoms with Gasteiger partial charge < -0.3 is 9.47 Å². The fraction of sp³-hybridized carbons (Fsp3) is 0.0435. The van der Waals surface area contributed by atoms with E-state index in [1.807, 2.05) is 0 Å². The Kier molecular flexibility index (Phi) is 10.7. The van der Waals surface area contributed by atoms with Crippen molar-refractivity contribution < 1.29 is 0 Å². The number of benzene rings is 11. The summed E-state index contributed by atoms with van der Waals surface area (Å²) >= 11 is 0. The number of nitrogens with zero attached hydrogens (tertiary/aromatic N) is 2. The first-order chi connectivity index (χ1) is 35.4.